The number of fused-ring (bicyclic) bond motifs is 1. The van der Waals surface area contributed by atoms with Crippen LogP contribution in [0.1, 0.15) is 31.2 Å². The minimum Gasteiger partial charge on any atom is -0.376 e. The second-order valence-electron chi connectivity index (χ2n) is 7.28. The number of alkyl halides is 3. The van der Waals surface area contributed by atoms with Gasteiger partial charge < -0.3 is 14.5 Å². The molecule has 2 fully saturated rings. The van der Waals surface area contributed by atoms with Gasteiger partial charge in [-0.05, 0) is 43.9 Å². The molecule has 2 aromatic rings. The summed E-state index contributed by atoms with van der Waals surface area (Å²) < 4.78 is 45.4. The summed E-state index contributed by atoms with van der Waals surface area (Å²) in [7, 11) is 0. The predicted molar refractivity (Wildman–Crippen MR) is 102 cm³/mol. The van der Waals surface area contributed by atoms with Crippen LogP contribution in [0.5, 0.6) is 0 Å². The highest BCUT2D eigenvalue weighted by molar-refractivity contribution is 7.22. The zero-order chi connectivity index (χ0) is 19.7. The monoisotopic (exact) mass is 413 g/mol. The lowest BCUT2D eigenvalue weighted by atomic mass is 10.2. The fraction of sp³-hybridized carbons (Fsp3) is 0.579. The van der Waals surface area contributed by atoms with Crippen molar-refractivity contribution in [3.63, 3.8) is 0 Å². The van der Waals surface area contributed by atoms with Crippen LogP contribution in [0.25, 0.3) is 10.2 Å². The number of nitrogens with zero attached hydrogens (tertiary/aromatic N) is 3. The van der Waals surface area contributed by atoms with Crippen molar-refractivity contribution in [1.29, 1.82) is 0 Å². The van der Waals surface area contributed by atoms with Crippen molar-refractivity contribution in [3.05, 3.63) is 23.8 Å². The average molecular weight is 413 g/mol. The molecule has 0 saturated carbocycles. The van der Waals surface area contributed by atoms with E-state index in [-0.39, 0.29) is 18.6 Å². The first kappa shape index (κ1) is 19.4. The highest BCUT2D eigenvalue weighted by Crippen LogP contribution is 2.35. The lowest BCUT2D eigenvalue weighted by molar-refractivity contribution is -0.137. The molecule has 4 rings (SSSR count). The number of anilines is 1. The number of hydrogen-bond donors (Lipinski definition) is 0. The Morgan fingerprint density at radius 3 is 2.75 bits per heavy atom. The van der Waals surface area contributed by atoms with E-state index < -0.39 is 11.7 Å². The lowest BCUT2D eigenvalue weighted by Crippen LogP contribution is -2.42. The van der Waals surface area contributed by atoms with Gasteiger partial charge in [0.25, 0.3) is 0 Å². The summed E-state index contributed by atoms with van der Waals surface area (Å²) in [6.45, 7) is 2.92. The summed E-state index contributed by atoms with van der Waals surface area (Å²) in [6, 6.07) is 3.60. The SMILES string of the molecule is O=C(CN(C[C@H]1CCCO1)c1nc2cc(C(F)(F)F)ccc2s1)N1CCCC1. The maximum atomic E-state index is 13.0. The Kier molecular flexibility index (Phi) is 5.46. The highest BCUT2D eigenvalue weighted by Gasteiger charge is 2.31. The van der Waals surface area contributed by atoms with Crippen molar-refractivity contribution in [1.82, 2.24) is 9.88 Å². The molecule has 0 radical (unpaired) electrons. The van der Waals surface area contributed by atoms with E-state index in [0.29, 0.717) is 28.5 Å². The molecular formula is C19H22F3N3O2S. The molecule has 152 valence electrons. The van der Waals surface area contributed by atoms with Gasteiger partial charge in [-0.3, -0.25) is 4.79 Å². The van der Waals surface area contributed by atoms with E-state index in [2.05, 4.69) is 4.98 Å². The second-order valence-corrected chi connectivity index (χ2v) is 8.29. The van der Waals surface area contributed by atoms with E-state index in [1.165, 1.54) is 17.4 Å². The van der Waals surface area contributed by atoms with Crippen molar-refractivity contribution < 1.29 is 22.7 Å². The molecule has 28 heavy (non-hydrogen) atoms. The quantitative estimate of drug-likeness (QED) is 0.745. The van der Waals surface area contributed by atoms with E-state index in [9.17, 15) is 18.0 Å². The van der Waals surface area contributed by atoms with E-state index in [0.717, 1.165) is 50.9 Å². The van der Waals surface area contributed by atoms with Crippen molar-refractivity contribution in [3.8, 4) is 0 Å². The Morgan fingerprint density at radius 2 is 2.07 bits per heavy atom. The summed E-state index contributed by atoms with van der Waals surface area (Å²) in [5.74, 6) is 0.0331. The number of aromatic nitrogens is 1. The van der Waals surface area contributed by atoms with E-state index in [4.69, 9.17) is 4.74 Å². The number of benzene rings is 1. The number of amides is 1. The predicted octanol–water partition coefficient (Wildman–Crippen LogP) is 3.92. The lowest BCUT2D eigenvalue weighted by Gasteiger charge is -2.26. The number of likely N-dealkylation sites (tertiary alicyclic amines) is 1. The van der Waals surface area contributed by atoms with Gasteiger partial charge in [-0.2, -0.15) is 13.2 Å². The Bertz CT molecular complexity index is 843. The smallest absolute Gasteiger partial charge is 0.376 e. The first-order valence-corrected chi connectivity index (χ1v) is 10.3. The van der Waals surface area contributed by atoms with Gasteiger partial charge in [-0.25, -0.2) is 4.98 Å². The number of hydrogen-bond acceptors (Lipinski definition) is 5. The first-order valence-electron chi connectivity index (χ1n) is 9.52. The Balaban J connectivity index is 1.59. The van der Waals surface area contributed by atoms with Gasteiger partial charge >= 0.3 is 6.18 Å². The number of thiazole rings is 1. The van der Waals surface area contributed by atoms with Crippen molar-refractivity contribution in [2.45, 2.75) is 38.0 Å². The van der Waals surface area contributed by atoms with Gasteiger partial charge in [0.15, 0.2) is 5.13 Å². The van der Waals surface area contributed by atoms with Crippen LogP contribution in [0.2, 0.25) is 0 Å². The normalized spacial score (nSPS) is 20.2. The van der Waals surface area contributed by atoms with Crippen LogP contribution in [0, 0.1) is 0 Å². The molecule has 1 aromatic heterocycles. The summed E-state index contributed by atoms with van der Waals surface area (Å²) in [4.78, 5) is 20.8. The van der Waals surface area contributed by atoms with Crippen LogP contribution < -0.4 is 4.90 Å². The van der Waals surface area contributed by atoms with Crippen LogP contribution in [0.3, 0.4) is 0 Å². The molecule has 5 nitrogen and oxygen atoms in total. The van der Waals surface area contributed by atoms with Crippen LogP contribution in [-0.4, -0.2) is 54.7 Å². The van der Waals surface area contributed by atoms with Gasteiger partial charge in [0.1, 0.15) is 0 Å². The molecule has 1 amide bonds. The summed E-state index contributed by atoms with van der Waals surface area (Å²) in [5, 5.41) is 0.567. The van der Waals surface area contributed by atoms with Crippen molar-refractivity contribution in [2.24, 2.45) is 0 Å². The third-order valence-corrected chi connectivity index (χ3v) is 6.30. The number of carbonyl (C=O) groups excluding carboxylic acids is 1. The third-order valence-electron chi connectivity index (χ3n) is 5.21. The van der Waals surface area contributed by atoms with Crippen LogP contribution in [-0.2, 0) is 15.7 Å². The molecule has 2 saturated heterocycles. The molecular weight excluding hydrogens is 391 g/mol. The number of carbonyl (C=O) groups is 1. The van der Waals surface area contributed by atoms with Crippen molar-refractivity contribution in [2.75, 3.05) is 37.7 Å². The summed E-state index contributed by atoms with van der Waals surface area (Å²) in [5.41, 5.74) is -0.406. The molecule has 0 aliphatic carbocycles. The number of rotatable bonds is 5. The molecule has 0 spiro atoms. The summed E-state index contributed by atoms with van der Waals surface area (Å²) >= 11 is 1.31. The summed E-state index contributed by atoms with van der Waals surface area (Å²) in [6.07, 6.45) is -0.465. The number of ether oxygens (including phenoxy) is 1. The molecule has 1 atom stereocenters. The maximum Gasteiger partial charge on any atom is 0.416 e. The maximum absolute atomic E-state index is 13.0. The fourth-order valence-electron chi connectivity index (χ4n) is 3.70. The molecule has 1 aromatic carbocycles. The standard InChI is InChI=1S/C19H22F3N3O2S/c20-19(21,22)13-5-6-16-15(10-13)23-18(28-16)25(11-14-4-3-9-27-14)12-17(26)24-7-1-2-8-24/h5-6,10,14H,1-4,7-9,11-12H2/t14-/m1/s1. The van der Waals surface area contributed by atoms with E-state index in [1.54, 1.807) is 0 Å². The van der Waals surface area contributed by atoms with Gasteiger partial charge in [0.2, 0.25) is 5.91 Å². The second kappa shape index (κ2) is 7.87. The molecule has 0 N–H and O–H groups in total. The van der Waals surface area contributed by atoms with Gasteiger partial charge in [0, 0.05) is 26.2 Å². The van der Waals surface area contributed by atoms with Crippen molar-refractivity contribution >= 4 is 32.6 Å². The molecule has 0 unspecified atom stereocenters. The molecule has 2 aliphatic heterocycles. The van der Waals surface area contributed by atoms with Gasteiger partial charge in [-0.1, -0.05) is 11.3 Å². The van der Waals surface area contributed by atoms with Crippen LogP contribution >= 0.6 is 11.3 Å². The number of halogens is 3. The molecule has 9 heteroatoms. The first-order chi connectivity index (χ1) is 13.4. The molecule has 0 bridgehead atoms. The molecule has 2 aliphatic rings. The highest BCUT2D eigenvalue weighted by atomic mass is 32.1. The van der Waals surface area contributed by atoms with Gasteiger partial charge in [0.05, 0.1) is 28.4 Å². The zero-order valence-corrected chi connectivity index (χ0v) is 16.2. The van der Waals surface area contributed by atoms with E-state index in [1.807, 2.05) is 9.80 Å². The topological polar surface area (TPSA) is 45.7 Å². The minimum atomic E-state index is -4.40. The van der Waals surface area contributed by atoms with E-state index >= 15 is 0 Å². The molecule has 3 heterocycles. The minimum absolute atomic E-state index is 0.0177. The van der Waals surface area contributed by atoms with Crippen LogP contribution in [0.4, 0.5) is 18.3 Å². The van der Waals surface area contributed by atoms with Gasteiger partial charge in [-0.15, -0.1) is 0 Å². The van der Waals surface area contributed by atoms with Crippen LogP contribution in [0.15, 0.2) is 18.2 Å². The average Bonchev–Trinajstić information content (AvgIpc) is 3.39. The Labute approximate surface area is 165 Å². The zero-order valence-electron chi connectivity index (χ0n) is 15.4. The Morgan fingerprint density at radius 1 is 1.29 bits per heavy atom. The third kappa shape index (κ3) is 4.25. The largest absolute Gasteiger partial charge is 0.416 e. The fourth-order valence-corrected chi connectivity index (χ4v) is 4.66. The Hall–Kier alpha value is -1.87.